The zero-order valence-corrected chi connectivity index (χ0v) is 14.0. The van der Waals surface area contributed by atoms with Gasteiger partial charge in [-0.05, 0) is 18.4 Å². The molecule has 11 heteroatoms. The third-order valence-corrected chi connectivity index (χ3v) is 4.56. The summed E-state index contributed by atoms with van der Waals surface area (Å²) in [5.41, 5.74) is 5.28. The molecule has 0 aliphatic carbocycles. The Morgan fingerprint density at radius 3 is 2.44 bits per heavy atom. The lowest BCUT2D eigenvalue weighted by molar-refractivity contribution is -0.141. The van der Waals surface area contributed by atoms with E-state index >= 15 is 0 Å². The Morgan fingerprint density at radius 2 is 1.92 bits per heavy atom. The molecule has 0 aromatic carbocycles. The first-order valence-electron chi connectivity index (χ1n) is 7.25. The number of nitrogens with zero attached hydrogens (tertiary/aromatic N) is 1. The summed E-state index contributed by atoms with van der Waals surface area (Å²) < 4.78 is 0. The van der Waals surface area contributed by atoms with Crippen molar-refractivity contribution in [3.05, 3.63) is 12.2 Å². The SMILES string of the molecule is C=C1CS[C@H]([C@H](NC(=O)CCC[C@@H](N)C(=O)O)C(=O)O)N=C1C(=O)O. The number of aliphatic carboxylic acids is 3. The molecule has 6 N–H and O–H groups in total. The Bertz CT molecular complexity index is 620. The first kappa shape index (κ1) is 20.6. The molecule has 1 amide bonds. The molecule has 138 valence electrons. The summed E-state index contributed by atoms with van der Waals surface area (Å²) in [6, 6.07) is -2.50. The van der Waals surface area contributed by atoms with Crippen LogP contribution < -0.4 is 11.1 Å². The molecule has 0 aromatic rings. The molecule has 1 rings (SSSR count). The molecule has 25 heavy (non-hydrogen) atoms. The van der Waals surface area contributed by atoms with Crippen LogP contribution in [-0.2, 0) is 19.2 Å². The van der Waals surface area contributed by atoms with Gasteiger partial charge in [0.2, 0.25) is 5.91 Å². The van der Waals surface area contributed by atoms with Crippen molar-refractivity contribution in [2.45, 2.75) is 36.7 Å². The number of carbonyl (C=O) groups excluding carboxylic acids is 1. The van der Waals surface area contributed by atoms with Gasteiger partial charge in [-0.1, -0.05) is 6.58 Å². The van der Waals surface area contributed by atoms with Crippen LogP contribution in [-0.4, -0.2) is 68.1 Å². The molecule has 3 atom stereocenters. The van der Waals surface area contributed by atoms with E-state index < -0.39 is 41.3 Å². The normalized spacial score (nSPS) is 19.5. The molecule has 0 fully saturated rings. The summed E-state index contributed by atoms with van der Waals surface area (Å²) in [6.07, 6.45) is 0.133. The number of nitrogens with two attached hydrogens (primary N) is 1. The van der Waals surface area contributed by atoms with Crippen molar-refractivity contribution in [2.75, 3.05) is 5.75 Å². The fourth-order valence-electron chi connectivity index (χ4n) is 1.99. The van der Waals surface area contributed by atoms with Gasteiger partial charge in [-0.2, -0.15) is 0 Å². The lowest BCUT2D eigenvalue weighted by Gasteiger charge is -2.25. The fourth-order valence-corrected chi connectivity index (χ4v) is 3.06. The summed E-state index contributed by atoms with van der Waals surface area (Å²) in [7, 11) is 0. The Balaban J connectivity index is 2.70. The maximum atomic E-state index is 11.9. The Kier molecular flexibility index (Phi) is 7.58. The zero-order chi connectivity index (χ0) is 19.1. The molecule has 0 bridgehead atoms. The van der Waals surface area contributed by atoms with Gasteiger partial charge in [0.15, 0.2) is 6.04 Å². The molecule has 1 aliphatic heterocycles. The Hall–Kier alpha value is -2.40. The Labute approximate surface area is 147 Å². The van der Waals surface area contributed by atoms with Crippen LogP contribution in [0, 0.1) is 0 Å². The van der Waals surface area contributed by atoms with Crippen molar-refractivity contribution in [2.24, 2.45) is 10.7 Å². The summed E-state index contributed by atoms with van der Waals surface area (Å²) in [4.78, 5) is 48.8. The average Bonchev–Trinajstić information content (AvgIpc) is 2.52. The average molecular weight is 373 g/mol. The van der Waals surface area contributed by atoms with E-state index in [1.54, 1.807) is 0 Å². The van der Waals surface area contributed by atoms with Crippen molar-refractivity contribution in [1.29, 1.82) is 0 Å². The van der Waals surface area contributed by atoms with Crippen LogP contribution in [0.2, 0.25) is 0 Å². The van der Waals surface area contributed by atoms with Crippen LogP contribution >= 0.6 is 11.8 Å². The van der Waals surface area contributed by atoms with Gasteiger partial charge >= 0.3 is 17.9 Å². The van der Waals surface area contributed by atoms with Gasteiger partial charge in [0, 0.05) is 12.2 Å². The second-order valence-electron chi connectivity index (χ2n) is 5.31. The first-order chi connectivity index (χ1) is 11.6. The van der Waals surface area contributed by atoms with Crippen LogP contribution in [0.25, 0.3) is 0 Å². The number of aliphatic imine (C=N–C) groups is 1. The minimum absolute atomic E-state index is 0.0693. The lowest BCUT2D eigenvalue weighted by Crippen LogP contribution is -2.48. The molecule has 1 aliphatic rings. The molecular formula is C14H19N3O7S. The van der Waals surface area contributed by atoms with Gasteiger partial charge in [0.25, 0.3) is 0 Å². The number of hydrogen-bond acceptors (Lipinski definition) is 7. The van der Waals surface area contributed by atoms with Gasteiger partial charge in [-0.3, -0.25) is 14.6 Å². The predicted molar refractivity (Wildman–Crippen MR) is 89.5 cm³/mol. The third-order valence-electron chi connectivity index (χ3n) is 3.33. The number of hydrogen-bond donors (Lipinski definition) is 5. The number of thioether (sulfide) groups is 1. The topological polar surface area (TPSA) is 179 Å². The second kappa shape index (κ2) is 9.18. The third kappa shape index (κ3) is 6.19. The van der Waals surface area contributed by atoms with E-state index in [-0.39, 0.29) is 36.3 Å². The molecule has 1 heterocycles. The van der Waals surface area contributed by atoms with E-state index in [9.17, 15) is 24.3 Å². The highest BCUT2D eigenvalue weighted by Crippen LogP contribution is 2.26. The second-order valence-corrected chi connectivity index (χ2v) is 6.41. The van der Waals surface area contributed by atoms with Gasteiger partial charge in [-0.25, -0.2) is 9.59 Å². The lowest BCUT2D eigenvalue weighted by atomic mass is 10.1. The van der Waals surface area contributed by atoms with Crippen molar-refractivity contribution in [3.8, 4) is 0 Å². The van der Waals surface area contributed by atoms with E-state index in [0.29, 0.717) is 0 Å². The van der Waals surface area contributed by atoms with E-state index in [1.807, 2.05) is 0 Å². The maximum Gasteiger partial charge on any atom is 0.354 e. The molecule has 0 radical (unpaired) electrons. The predicted octanol–water partition coefficient (Wildman–Crippen LogP) is -0.707. The van der Waals surface area contributed by atoms with Crippen LogP contribution in [0.15, 0.2) is 17.1 Å². The number of carbonyl (C=O) groups is 4. The molecule has 0 unspecified atom stereocenters. The van der Waals surface area contributed by atoms with Crippen LogP contribution in [0.4, 0.5) is 0 Å². The highest BCUT2D eigenvalue weighted by molar-refractivity contribution is 8.00. The summed E-state index contributed by atoms with van der Waals surface area (Å²) >= 11 is 1.06. The fraction of sp³-hybridized carbons (Fsp3) is 0.500. The quantitative estimate of drug-likeness (QED) is 0.349. The molecule has 0 aromatic heterocycles. The number of carboxylic acids is 3. The number of nitrogens with one attached hydrogen (secondary N) is 1. The van der Waals surface area contributed by atoms with Crippen molar-refractivity contribution < 1.29 is 34.5 Å². The summed E-state index contributed by atoms with van der Waals surface area (Å²) in [6.45, 7) is 3.56. The van der Waals surface area contributed by atoms with Crippen molar-refractivity contribution in [3.63, 3.8) is 0 Å². The molecule has 10 nitrogen and oxygen atoms in total. The molecule has 0 spiro atoms. The Morgan fingerprint density at radius 1 is 1.28 bits per heavy atom. The summed E-state index contributed by atoms with van der Waals surface area (Å²) in [5, 5.41) is 28.3. The van der Waals surface area contributed by atoms with Crippen LogP contribution in [0.1, 0.15) is 19.3 Å². The molecule has 0 saturated carbocycles. The highest BCUT2D eigenvalue weighted by atomic mass is 32.2. The minimum Gasteiger partial charge on any atom is -0.480 e. The number of amides is 1. The summed E-state index contributed by atoms with van der Waals surface area (Å²) in [5.74, 6) is -4.27. The van der Waals surface area contributed by atoms with Gasteiger partial charge in [0.1, 0.15) is 17.1 Å². The molecular weight excluding hydrogens is 354 g/mol. The highest BCUT2D eigenvalue weighted by Gasteiger charge is 2.34. The zero-order valence-electron chi connectivity index (χ0n) is 13.2. The van der Waals surface area contributed by atoms with Gasteiger partial charge in [-0.15, -0.1) is 11.8 Å². The first-order valence-corrected chi connectivity index (χ1v) is 8.29. The number of carboxylic acid groups (broad SMARTS) is 3. The van der Waals surface area contributed by atoms with E-state index in [1.165, 1.54) is 0 Å². The van der Waals surface area contributed by atoms with Crippen molar-refractivity contribution in [1.82, 2.24) is 5.32 Å². The maximum absolute atomic E-state index is 11.9. The largest absolute Gasteiger partial charge is 0.480 e. The van der Waals surface area contributed by atoms with Crippen LogP contribution in [0.5, 0.6) is 0 Å². The van der Waals surface area contributed by atoms with Crippen molar-refractivity contribution >= 4 is 41.3 Å². The van der Waals surface area contributed by atoms with Gasteiger partial charge in [0.05, 0.1) is 0 Å². The van der Waals surface area contributed by atoms with Crippen LogP contribution in [0.3, 0.4) is 0 Å². The molecule has 0 saturated heterocycles. The standard InChI is InChI=1S/C14H19N3O7S/c1-6-5-25-11(17-9(6)13(21)22)10(14(23)24)16-8(18)4-2-3-7(15)12(19)20/h7,10-11H,1-5,15H2,(H,16,18)(H,19,20)(H,21,22)(H,23,24)/t7-,10+,11-/m1/s1. The number of rotatable bonds is 9. The van der Waals surface area contributed by atoms with Gasteiger partial charge < -0.3 is 26.4 Å². The van der Waals surface area contributed by atoms with E-state index in [0.717, 1.165) is 11.8 Å². The monoisotopic (exact) mass is 373 g/mol. The van der Waals surface area contributed by atoms with E-state index in [2.05, 4.69) is 16.9 Å². The van der Waals surface area contributed by atoms with E-state index in [4.69, 9.17) is 15.9 Å². The smallest absolute Gasteiger partial charge is 0.354 e. The minimum atomic E-state index is -1.41.